The second kappa shape index (κ2) is 8.91. The molecule has 0 saturated heterocycles. The number of para-hydroxylation sites is 1. The van der Waals surface area contributed by atoms with E-state index in [-0.39, 0.29) is 24.6 Å². The van der Waals surface area contributed by atoms with Gasteiger partial charge in [-0.25, -0.2) is 0 Å². The van der Waals surface area contributed by atoms with Crippen molar-refractivity contribution in [3.05, 3.63) is 64.7 Å². The third-order valence-electron chi connectivity index (χ3n) is 4.45. The molecule has 0 bridgehead atoms. The highest BCUT2D eigenvalue weighted by atomic mass is 19.4. The second-order valence-electron chi connectivity index (χ2n) is 6.44. The molecule has 0 heterocycles. The number of benzene rings is 2. The molecular formula is C21H23F3N2O2. The Morgan fingerprint density at radius 2 is 1.71 bits per heavy atom. The van der Waals surface area contributed by atoms with Gasteiger partial charge in [0.1, 0.15) is 0 Å². The Kier molecular flexibility index (Phi) is 6.83. The highest BCUT2D eigenvalue weighted by Gasteiger charge is 2.30. The molecule has 0 aliphatic rings. The third-order valence-corrected chi connectivity index (χ3v) is 4.45. The number of nitrogens with zero attached hydrogens (tertiary/aromatic N) is 1. The SMILES string of the molecule is CCc1cccc(C)c1N(CCNC(=O)c1ccc(C(F)(F)F)cc1)C(C)=O. The van der Waals surface area contributed by atoms with Crippen LogP contribution in [0.5, 0.6) is 0 Å². The van der Waals surface area contributed by atoms with E-state index < -0.39 is 17.6 Å². The van der Waals surface area contributed by atoms with Crippen LogP contribution in [0.15, 0.2) is 42.5 Å². The largest absolute Gasteiger partial charge is 0.416 e. The minimum atomic E-state index is -4.44. The van der Waals surface area contributed by atoms with Crippen LogP contribution < -0.4 is 10.2 Å². The summed E-state index contributed by atoms with van der Waals surface area (Å²) in [6.07, 6.45) is -3.68. The number of anilines is 1. The zero-order valence-electron chi connectivity index (χ0n) is 16.1. The molecule has 0 aliphatic carbocycles. The normalized spacial score (nSPS) is 11.2. The minimum absolute atomic E-state index is 0.132. The molecular weight excluding hydrogens is 369 g/mol. The lowest BCUT2D eigenvalue weighted by Gasteiger charge is -2.26. The number of hydrogen-bond donors (Lipinski definition) is 1. The van der Waals surface area contributed by atoms with Crippen molar-refractivity contribution in [1.29, 1.82) is 0 Å². The first-order valence-corrected chi connectivity index (χ1v) is 8.97. The van der Waals surface area contributed by atoms with E-state index in [9.17, 15) is 22.8 Å². The van der Waals surface area contributed by atoms with E-state index in [4.69, 9.17) is 0 Å². The fraction of sp³-hybridized carbons (Fsp3) is 0.333. The van der Waals surface area contributed by atoms with Crippen LogP contribution in [0, 0.1) is 6.92 Å². The maximum absolute atomic E-state index is 12.6. The molecule has 0 fully saturated rings. The smallest absolute Gasteiger partial charge is 0.350 e. The predicted octanol–water partition coefficient (Wildman–Crippen LogP) is 4.36. The molecule has 1 N–H and O–H groups in total. The van der Waals surface area contributed by atoms with Gasteiger partial charge in [0.2, 0.25) is 5.91 Å². The summed E-state index contributed by atoms with van der Waals surface area (Å²) in [5.74, 6) is -0.634. The first kappa shape index (κ1) is 21.5. The summed E-state index contributed by atoms with van der Waals surface area (Å²) in [5.41, 5.74) is 2.15. The molecule has 0 radical (unpaired) electrons. The average molecular weight is 392 g/mol. The van der Waals surface area contributed by atoms with E-state index in [1.807, 2.05) is 32.0 Å². The van der Waals surface area contributed by atoms with E-state index in [1.54, 1.807) is 4.90 Å². The lowest BCUT2D eigenvalue weighted by atomic mass is 10.0. The van der Waals surface area contributed by atoms with E-state index in [1.165, 1.54) is 6.92 Å². The number of alkyl halides is 3. The van der Waals surface area contributed by atoms with Crippen LogP contribution in [0.3, 0.4) is 0 Å². The molecule has 2 aromatic carbocycles. The predicted molar refractivity (Wildman–Crippen MR) is 102 cm³/mol. The molecule has 0 spiro atoms. The van der Waals surface area contributed by atoms with Crippen LogP contribution in [-0.2, 0) is 17.4 Å². The van der Waals surface area contributed by atoms with Crippen LogP contribution >= 0.6 is 0 Å². The lowest BCUT2D eigenvalue weighted by molar-refractivity contribution is -0.137. The van der Waals surface area contributed by atoms with Gasteiger partial charge < -0.3 is 10.2 Å². The van der Waals surface area contributed by atoms with Gasteiger partial charge in [-0.1, -0.05) is 25.1 Å². The number of halogens is 3. The third kappa shape index (κ3) is 5.12. The van der Waals surface area contributed by atoms with Gasteiger partial charge >= 0.3 is 6.18 Å². The summed E-state index contributed by atoms with van der Waals surface area (Å²) < 4.78 is 37.8. The van der Waals surface area contributed by atoms with Gasteiger partial charge in [-0.05, 0) is 48.7 Å². The molecule has 4 nitrogen and oxygen atoms in total. The first-order valence-electron chi connectivity index (χ1n) is 8.97. The Bertz CT molecular complexity index is 846. The molecule has 7 heteroatoms. The number of amides is 2. The van der Waals surface area contributed by atoms with Gasteiger partial charge in [-0.3, -0.25) is 9.59 Å². The van der Waals surface area contributed by atoms with Gasteiger partial charge in [0.25, 0.3) is 5.91 Å². The molecule has 150 valence electrons. The van der Waals surface area contributed by atoms with Gasteiger partial charge in [-0.2, -0.15) is 13.2 Å². The Morgan fingerprint density at radius 1 is 1.07 bits per heavy atom. The van der Waals surface area contributed by atoms with E-state index >= 15 is 0 Å². The van der Waals surface area contributed by atoms with Crippen molar-refractivity contribution in [2.45, 2.75) is 33.4 Å². The summed E-state index contributed by atoms with van der Waals surface area (Å²) in [5, 5.41) is 2.66. The molecule has 0 unspecified atom stereocenters. The monoisotopic (exact) mass is 392 g/mol. The van der Waals surface area contributed by atoms with Crippen molar-refractivity contribution in [3.8, 4) is 0 Å². The van der Waals surface area contributed by atoms with Crippen molar-refractivity contribution in [2.24, 2.45) is 0 Å². The average Bonchev–Trinajstić information content (AvgIpc) is 2.64. The van der Waals surface area contributed by atoms with Gasteiger partial charge in [0, 0.05) is 31.3 Å². The number of aryl methyl sites for hydroxylation is 2. The molecule has 2 aromatic rings. The zero-order chi connectivity index (χ0) is 20.9. The quantitative estimate of drug-likeness (QED) is 0.794. The number of nitrogens with one attached hydrogen (secondary N) is 1. The topological polar surface area (TPSA) is 49.4 Å². The number of carbonyl (C=O) groups is 2. The highest BCUT2D eigenvalue weighted by Crippen LogP contribution is 2.29. The van der Waals surface area contributed by atoms with Crippen LogP contribution in [0.2, 0.25) is 0 Å². The Morgan fingerprint density at radius 3 is 2.25 bits per heavy atom. The van der Waals surface area contributed by atoms with Crippen molar-refractivity contribution >= 4 is 17.5 Å². The van der Waals surface area contributed by atoms with Gasteiger partial charge in [0.15, 0.2) is 0 Å². The summed E-state index contributed by atoms with van der Waals surface area (Å²) in [4.78, 5) is 25.9. The number of rotatable bonds is 6. The van der Waals surface area contributed by atoms with Gasteiger partial charge in [-0.15, -0.1) is 0 Å². The molecule has 28 heavy (non-hydrogen) atoms. The van der Waals surface area contributed by atoms with E-state index in [0.717, 1.165) is 47.5 Å². The number of hydrogen-bond acceptors (Lipinski definition) is 2. The summed E-state index contributed by atoms with van der Waals surface area (Å²) in [6.45, 7) is 5.83. The van der Waals surface area contributed by atoms with Crippen molar-refractivity contribution in [3.63, 3.8) is 0 Å². The first-order chi connectivity index (χ1) is 13.1. The highest BCUT2D eigenvalue weighted by molar-refractivity contribution is 5.95. The van der Waals surface area contributed by atoms with Crippen LogP contribution in [0.1, 0.15) is 40.9 Å². The van der Waals surface area contributed by atoms with Crippen LogP contribution in [0.25, 0.3) is 0 Å². The molecule has 0 atom stereocenters. The Hall–Kier alpha value is -2.83. The van der Waals surface area contributed by atoms with Crippen LogP contribution in [0.4, 0.5) is 18.9 Å². The summed E-state index contributed by atoms with van der Waals surface area (Å²) in [7, 11) is 0. The maximum atomic E-state index is 12.6. The number of carbonyl (C=O) groups excluding carboxylic acids is 2. The summed E-state index contributed by atoms with van der Waals surface area (Å²) in [6, 6.07) is 9.83. The molecule has 2 rings (SSSR count). The summed E-state index contributed by atoms with van der Waals surface area (Å²) >= 11 is 0. The van der Waals surface area contributed by atoms with Crippen LogP contribution in [-0.4, -0.2) is 24.9 Å². The second-order valence-corrected chi connectivity index (χ2v) is 6.44. The standard InChI is InChI=1S/C21H23F3N2O2/c1-4-16-7-5-6-14(2)19(16)26(15(3)27)13-12-25-20(28)17-8-10-18(11-9-17)21(22,23)24/h5-11H,4,12-13H2,1-3H3,(H,25,28). The van der Waals surface area contributed by atoms with Gasteiger partial charge in [0.05, 0.1) is 5.56 Å². The van der Waals surface area contributed by atoms with Crippen molar-refractivity contribution < 1.29 is 22.8 Å². The molecule has 0 aliphatic heterocycles. The van der Waals surface area contributed by atoms with E-state index in [0.29, 0.717) is 0 Å². The van der Waals surface area contributed by atoms with E-state index in [2.05, 4.69) is 5.32 Å². The molecule has 0 saturated carbocycles. The molecule has 2 amide bonds. The fourth-order valence-corrected chi connectivity index (χ4v) is 3.01. The fourth-order valence-electron chi connectivity index (χ4n) is 3.01. The van der Waals surface area contributed by atoms with Crippen molar-refractivity contribution in [2.75, 3.05) is 18.0 Å². The Labute approximate surface area is 162 Å². The Balaban J connectivity index is 2.06. The zero-order valence-corrected chi connectivity index (χ0v) is 16.1. The minimum Gasteiger partial charge on any atom is -0.350 e. The van der Waals surface area contributed by atoms with Crippen molar-refractivity contribution in [1.82, 2.24) is 5.32 Å². The molecule has 0 aromatic heterocycles. The lowest BCUT2D eigenvalue weighted by Crippen LogP contribution is -2.38. The maximum Gasteiger partial charge on any atom is 0.416 e.